The number of hydrogen-bond acceptors (Lipinski definition) is 4. The van der Waals surface area contributed by atoms with Crippen LogP contribution >= 0.6 is 0 Å². The van der Waals surface area contributed by atoms with Crippen LogP contribution in [0.3, 0.4) is 0 Å². The Labute approximate surface area is 157 Å². The monoisotopic (exact) mass is 364 g/mol. The minimum absolute atomic E-state index is 0.0137. The normalized spacial score (nSPS) is 58.0. The van der Waals surface area contributed by atoms with E-state index in [0.717, 1.165) is 32.1 Å². The second-order valence-electron chi connectivity index (χ2n) is 11.2. The van der Waals surface area contributed by atoms with E-state index in [-0.39, 0.29) is 52.2 Å². The average molecular weight is 365 g/mol. The predicted molar refractivity (Wildman–Crippen MR) is 99.2 cm³/mol. The van der Waals surface area contributed by atoms with Gasteiger partial charge in [0, 0.05) is 18.3 Å². The molecule has 0 aromatic carbocycles. The second kappa shape index (κ2) is 5.26. The highest BCUT2D eigenvalue weighted by Crippen LogP contribution is 2.75. The average Bonchev–Trinajstić information content (AvgIpc) is 3.08. The van der Waals surface area contributed by atoms with Gasteiger partial charge in [0.2, 0.25) is 0 Å². The first-order valence-electron chi connectivity index (χ1n) is 10.5. The van der Waals surface area contributed by atoms with Crippen molar-refractivity contribution in [2.24, 2.45) is 39.9 Å². The maximum absolute atomic E-state index is 11.9. The molecule has 9 unspecified atom stereocenters. The summed E-state index contributed by atoms with van der Waals surface area (Å²) in [6.07, 6.45) is 3.99. The van der Waals surface area contributed by atoms with E-state index in [1.165, 1.54) is 6.92 Å². The van der Waals surface area contributed by atoms with Crippen LogP contribution in [-0.4, -0.2) is 34.0 Å². The zero-order valence-electron chi connectivity index (χ0n) is 17.2. The number of aliphatic hydroxyl groups excluding tert-OH is 1. The molecule has 0 amide bonds. The van der Waals surface area contributed by atoms with E-state index < -0.39 is 5.60 Å². The lowest BCUT2D eigenvalue weighted by atomic mass is 9.45. The molecular formula is C22H36O4. The maximum atomic E-state index is 11.9. The summed E-state index contributed by atoms with van der Waals surface area (Å²) in [4.78, 5) is 11.9. The van der Waals surface area contributed by atoms with Gasteiger partial charge < -0.3 is 14.9 Å². The van der Waals surface area contributed by atoms with Crippen LogP contribution in [0.2, 0.25) is 0 Å². The van der Waals surface area contributed by atoms with Gasteiger partial charge in [0.05, 0.1) is 11.7 Å². The van der Waals surface area contributed by atoms with E-state index in [9.17, 15) is 15.0 Å². The molecule has 0 bridgehead atoms. The van der Waals surface area contributed by atoms with Crippen molar-refractivity contribution in [2.45, 2.75) is 91.5 Å². The topological polar surface area (TPSA) is 66.8 Å². The number of carbonyl (C=O) groups excluding carboxylic acids is 1. The molecule has 4 saturated carbocycles. The molecule has 26 heavy (non-hydrogen) atoms. The van der Waals surface area contributed by atoms with Crippen molar-refractivity contribution in [2.75, 3.05) is 0 Å². The summed E-state index contributed by atoms with van der Waals surface area (Å²) in [5.41, 5.74) is -1.15. The van der Waals surface area contributed by atoms with Gasteiger partial charge in [-0.2, -0.15) is 0 Å². The first kappa shape index (κ1) is 18.7. The molecule has 148 valence electrons. The van der Waals surface area contributed by atoms with Crippen LogP contribution in [0.25, 0.3) is 0 Å². The van der Waals surface area contributed by atoms with E-state index in [0.29, 0.717) is 5.92 Å². The van der Waals surface area contributed by atoms with Crippen molar-refractivity contribution in [3.8, 4) is 0 Å². The molecule has 0 radical (unpaired) electrons. The van der Waals surface area contributed by atoms with E-state index >= 15 is 0 Å². The lowest BCUT2D eigenvalue weighted by molar-refractivity contribution is -0.230. The van der Waals surface area contributed by atoms with Crippen molar-refractivity contribution < 1.29 is 19.7 Å². The minimum Gasteiger partial charge on any atom is -0.462 e. The fourth-order valence-electron chi connectivity index (χ4n) is 7.55. The highest BCUT2D eigenvalue weighted by Gasteiger charge is 2.75. The molecular weight excluding hydrogens is 328 g/mol. The number of carbonyl (C=O) groups is 1. The van der Waals surface area contributed by atoms with Crippen LogP contribution in [0.1, 0.15) is 73.6 Å². The predicted octanol–water partition coefficient (Wildman–Crippen LogP) is 3.54. The standard InChI is InChI=1S/C22H36O4/c1-12(2)22(25)8-7-20(5)15(26-13(3)23)11-19(4)9-14-10-21(14,6)18(24)16(19)17(20)22/h12,14-18,24-25H,7-11H2,1-6H3. The Hall–Kier alpha value is -0.610. The Morgan fingerprint density at radius 3 is 2.31 bits per heavy atom. The fourth-order valence-corrected chi connectivity index (χ4v) is 7.55. The molecule has 4 aliphatic carbocycles. The van der Waals surface area contributed by atoms with Crippen molar-refractivity contribution in [1.29, 1.82) is 0 Å². The molecule has 0 aliphatic heterocycles. The van der Waals surface area contributed by atoms with Crippen LogP contribution in [-0.2, 0) is 9.53 Å². The third-order valence-corrected chi connectivity index (χ3v) is 9.36. The van der Waals surface area contributed by atoms with Gasteiger partial charge >= 0.3 is 5.97 Å². The Morgan fingerprint density at radius 1 is 1.08 bits per heavy atom. The van der Waals surface area contributed by atoms with Gasteiger partial charge in [-0.1, -0.05) is 34.6 Å². The van der Waals surface area contributed by atoms with E-state index in [1.54, 1.807) is 0 Å². The largest absolute Gasteiger partial charge is 0.462 e. The minimum atomic E-state index is -0.807. The van der Waals surface area contributed by atoms with E-state index in [2.05, 4.69) is 34.6 Å². The zero-order valence-corrected chi connectivity index (χ0v) is 17.2. The van der Waals surface area contributed by atoms with Gasteiger partial charge in [-0.3, -0.25) is 4.79 Å². The summed E-state index contributed by atoms with van der Waals surface area (Å²) in [5.74, 6) is 0.482. The molecule has 0 spiro atoms. The third kappa shape index (κ3) is 2.18. The number of hydrogen-bond donors (Lipinski definition) is 2. The van der Waals surface area contributed by atoms with Crippen molar-refractivity contribution in [3.05, 3.63) is 0 Å². The Bertz CT molecular complexity index is 632. The molecule has 9 atom stereocenters. The SMILES string of the molecule is CC(=O)OC1CC2(C)CC3CC3(C)C(O)C2C2C1(C)CCC2(O)C(C)C. The zero-order chi connectivity index (χ0) is 19.3. The summed E-state index contributed by atoms with van der Waals surface area (Å²) in [6.45, 7) is 12.4. The van der Waals surface area contributed by atoms with Gasteiger partial charge in [-0.25, -0.2) is 0 Å². The van der Waals surface area contributed by atoms with Crippen LogP contribution < -0.4 is 0 Å². The second-order valence-corrected chi connectivity index (χ2v) is 11.2. The first-order chi connectivity index (χ1) is 11.9. The van der Waals surface area contributed by atoms with Crippen LogP contribution in [0, 0.1) is 39.9 Å². The number of rotatable bonds is 2. The molecule has 4 nitrogen and oxygen atoms in total. The fraction of sp³-hybridized carbons (Fsp3) is 0.955. The van der Waals surface area contributed by atoms with Gasteiger partial charge in [0.1, 0.15) is 6.10 Å². The van der Waals surface area contributed by atoms with E-state index in [4.69, 9.17) is 4.74 Å². The molecule has 0 heterocycles. The Morgan fingerprint density at radius 2 is 1.73 bits per heavy atom. The highest BCUT2D eigenvalue weighted by molar-refractivity contribution is 5.66. The Balaban J connectivity index is 1.83. The van der Waals surface area contributed by atoms with Crippen LogP contribution in [0.4, 0.5) is 0 Å². The van der Waals surface area contributed by atoms with Crippen molar-refractivity contribution in [1.82, 2.24) is 0 Å². The van der Waals surface area contributed by atoms with Gasteiger partial charge in [0.25, 0.3) is 0 Å². The summed E-state index contributed by atoms with van der Waals surface area (Å²) >= 11 is 0. The lowest BCUT2D eigenvalue weighted by Crippen LogP contribution is -2.64. The van der Waals surface area contributed by atoms with Crippen LogP contribution in [0.15, 0.2) is 0 Å². The van der Waals surface area contributed by atoms with Crippen LogP contribution in [0.5, 0.6) is 0 Å². The molecule has 4 aliphatic rings. The van der Waals surface area contributed by atoms with Gasteiger partial charge in [0.15, 0.2) is 0 Å². The highest BCUT2D eigenvalue weighted by atomic mass is 16.5. The molecule has 0 aromatic heterocycles. The number of aliphatic hydroxyl groups is 2. The number of esters is 1. The number of ether oxygens (including phenoxy) is 1. The molecule has 2 N–H and O–H groups in total. The summed E-state index contributed by atoms with van der Waals surface area (Å²) in [6, 6.07) is 0. The maximum Gasteiger partial charge on any atom is 0.302 e. The first-order valence-corrected chi connectivity index (χ1v) is 10.5. The smallest absolute Gasteiger partial charge is 0.302 e. The van der Waals surface area contributed by atoms with Crippen molar-refractivity contribution >= 4 is 5.97 Å². The molecule has 0 aromatic rings. The van der Waals surface area contributed by atoms with Gasteiger partial charge in [-0.05, 0) is 60.7 Å². The third-order valence-electron chi connectivity index (χ3n) is 9.36. The summed E-state index contributed by atoms with van der Waals surface area (Å²) in [5, 5.41) is 23.2. The summed E-state index contributed by atoms with van der Waals surface area (Å²) < 4.78 is 5.87. The summed E-state index contributed by atoms with van der Waals surface area (Å²) in [7, 11) is 0. The van der Waals surface area contributed by atoms with Crippen molar-refractivity contribution in [3.63, 3.8) is 0 Å². The number of fused-ring (bicyclic) bond motifs is 4. The quantitative estimate of drug-likeness (QED) is 0.736. The molecule has 4 heteroatoms. The Kier molecular flexibility index (Phi) is 3.79. The molecule has 0 saturated heterocycles. The van der Waals surface area contributed by atoms with Gasteiger partial charge in [-0.15, -0.1) is 0 Å². The molecule has 4 rings (SSSR count). The lowest BCUT2D eigenvalue weighted by Gasteiger charge is -2.62. The molecule has 4 fully saturated rings. The van der Waals surface area contributed by atoms with E-state index in [1.807, 2.05) is 0 Å².